The lowest BCUT2D eigenvalue weighted by molar-refractivity contribution is 0.719. The van der Waals surface area contributed by atoms with Gasteiger partial charge in [-0.25, -0.2) is 15.0 Å². The maximum Gasteiger partial charge on any atom is 0.181 e. The number of hydrogen-bond acceptors (Lipinski definition) is 5. The largest absolute Gasteiger partial charge is 0.341 e. The van der Waals surface area contributed by atoms with Crippen LogP contribution in [0.2, 0.25) is 0 Å². The molecule has 3 rings (SSSR count). The maximum absolute atomic E-state index is 4.50. The van der Waals surface area contributed by atoms with E-state index in [4.69, 9.17) is 0 Å². The number of aryl methyl sites for hydroxylation is 2. The lowest BCUT2D eigenvalue weighted by Gasteiger charge is -2.03. The van der Waals surface area contributed by atoms with Gasteiger partial charge in [-0.15, -0.1) is 0 Å². The van der Waals surface area contributed by atoms with Gasteiger partial charge < -0.3 is 4.98 Å². The third kappa shape index (κ3) is 2.33. The Morgan fingerprint density at radius 2 is 2.20 bits per heavy atom. The average molecular weight is 353 g/mol. The van der Waals surface area contributed by atoms with Crippen molar-refractivity contribution in [1.29, 1.82) is 0 Å². The molecule has 104 valence electrons. The first kappa shape index (κ1) is 13.6. The first-order valence-corrected chi connectivity index (χ1v) is 7.95. The van der Waals surface area contributed by atoms with E-state index >= 15 is 0 Å². The highest BCUT2D eigenvalue weighted by Gasteiger charge is 2.14. The van der Waals surface area contributed by atoms with Gasteiger partial charge in [0.25, 0.3) is 0 Å². The van der Waals surface area contributed by atoms with Gasteiger partial charge >= 0.3 is 0 Å². The van der Waals surface area contributed by atoms with Crippen LogP contribution in [0.3, 0.4) is 0 Å². The second-order valence-electron chi connectivity index (χ2n) is 4.25. The molecule has 0 fully saturated rings. The molecule has 6 nitrogen and oxygen atoms in total. The Kier molecular flexibility index (Phi) is 3.75. The molecule has 0 unspecified atom stereocenters. The Labute approximate surface area is 128 Å². The van der Waals surface area contributed by atoms with Crippen LogP contribution >= 0.6 is 27.7 Å². The summed E-state index contributed by atoms with van der Waals surface area (Å²) in [6, 6.07) is 0. The van der Waals surface area contributed by atoms with Gasteiger partial charge in [-0.1, -0.05) is 18.7 Å². The normalized spacial score (nSPS) is 11.3. The van der Waals surface area contributed by atoms with Gasteiger partial charge in [0.1, 0.15) is 16.9 Å². The fourth-order valence-electron chi connectivity index (χ4n) is 1.97. The Bertz CT molecular complexity index is 750. The molecule has 3 heterocycles. The van der Waals surface area contributed by atoms with Crippen molar-refractivity contribution in [2.24, 2.45) is 7.05 Å². The molecule has 3 aromatic rings. The van der Waals surface area contributed by atoms with Crippen molar-refractivity contribution >= 4 is 38.9 Å². The third-order valence-corrected chi connectivity index (χ3v) is 4.95. The summed E-state index contributed by atoms with van der Waals surface area (Å²) < 4.78 is 3.01. The zero-order valence-electron chi connectivity index (χ0n) is 11.1. The summed E-state index contributed by atoms with van der Waals surface area (Å²) >= 11 is 5.28. The van der Waals surface area contributed by atoms with E-state index in [2.05, 4.69) is 47.9 Å². The van der Waals surface area contributed by atoms with E-state index < -0.39 is 0 Å². The highest BCUT2D eigenvalue weighted by Crippen LogP contribution is 2.30. The Morgan fingerprint density at radius 1 is 1.35 bits per heavy atom. The van der Waals surface area contributed by atoms with Crippen molar-refractivity contribution in [2.45, 2.75) is 24.1 Å². The SMILES string of the molecule is CCc1nn(C)c(CSc2ncnc3nc[nH]c23)c1Br. The Hall–Kier alpha value is -1.41. The van der Waals surface area contributed by atoms with Gasteiger partial charge in [0.15, 0.2) is 5.65 Å². The van der Waals surface area contributed by atoms with Crippen LogP contribution in [0.25, 0.3) is 11.2 Å². The van der Waals surface area contributed by atoms with E-state index in [1.807, 2.05) is 11.7 Å². The van der Waals surface area contributed by atoms with Gasteiger partial charge in [-0.05, 0) is 22.4 Å². The van der Waals surface area contributed by atoms with Gasteiger partial charge in [0.05, 0.1) is 22.2 Å². The molecule has 0 aliphatic heterocycles. The number of aromatic nitrogens is 6. The molecule has 8 heteroatoms. The predicted molar refractivity (Wildman–Crippen MR) is 81.5 cm³/mol. The van der Waals surface area contributed by atoms with Crippen LogP contribution in [0.4, 0.5) is 0 Å². The monoisotopic (exact) mass is 352 g/mol. The lowest BCUT2D eigenvalue weighted by atomic mass is 10.3. The van der Waals surface area contributed by atoms with E-state index in [1.165, 1.54) is 0 Å². The van der Waals surface area contributed by atoms with Gasteiger partial charge in [0, 0.05) is 12.8 Å². The van der Waals surface area contributed by atoms with Crippen LogP contribution < -0.4 is 0 Å². The van der Waals surface area contributed by atoms with Gasteiger partial charge in [0.2, 0.25) is 0 Å². The molecule has 0 saturated heterocycles. The minimum Gasteiger partial charge on any atom is -0.341 e. The second kappa shape index (κ2) is 5.53. The summed E-state index contributed by atoms with van der Waals surface area (Å²) in [6.45, 7) is 2.10. The van der Waals surface area contributed by atoms with Crippen LogP contribution in [0.15, 0.2) is 22.2 Å². The molecule has 0 spiro atoms. The molecule has 0 atom stereocenters. The van der Waals surface area contributed by atoms with Gasteiger partial charge in [-0.2, -0.15) is 5.10 Å². The van der Waals surface area contributed by atoms with E-state index in [9.17, 15) is 0 Å². The minimum atomic E-state index is 0.695. The van der Waals surface area contributed by atoms with Crippen molar-refractivity contribution in [1.82, 2.24) is 29.7 Å². The molecule has 1 N–H and O–H groups in total. The van der Waals surface area contributed by atoms with Crippen molar-refractivity contribution < 1.29 is 0 Å². The molecule has 20 heavy (non-hydrogen) atoms. The number of halogens is 1. The molecule has 0 amide bonds. The average Bonchev–Trinajstić information content (AvgIpc) is 3.02. The number of hydrogen-bond donors (Lipinski definition) is 1. The molecule has 0 aromatic carbocycles. The topological polar surface area (TPSA) is 72.3 Å². The van der Waals surface area contributed by atoms with Crippen LogP contribution in [-0.4, -0.2) is 29.7 Å². The standard InChI is InChI=1S/C12H13BrN6S/c1-3-7-9(13)8(19(2)18-7)4-20-12-10-11(15-5-14-10)16-6-17-12/h5-6H,3-4H2,1-2H3,(H,14,15,16,17). The number of thioether (sulfide) groups is 1. The van der Waals surface area contributed by atoms with Crippen LogP contribution in [0, 0.1) is 0 Å². The molecule has 0 aliphatic carbocycles. The first-order chi connectivity index (χ1) is 9.70. The van der Waals surface area contributed by atoms with Crippen molar-refractivity contribution in [3.63, 3.8) is 0 Å². The summed E-state index contributed by atoms with van der Waals surface area (Å²) in [5.41, 5.74) is 3.81. The molecule has 0 bridgehead atoms. The van der Waals surface area contributed by atoms with Crippen molar-refractivity contribution in [3.05, 3.63) is 28.5 Å². The molecular weight excluding hydrogens is 340 g/mol. The quantitative estimate of drug-likeness (QED) is 0.577. The highest BCUT2D eigenvalue weighted by molar-refractivity contribution is 9.10. The summed E-state index contributed by atoms with van der Waals surface area (Å²) in [5.74, 6) is 0.787. The molecule has 0 saturated carbocycles. The number of fused-ring (bicyclic) bond motifs is 1. The smallest absolute Gasteiger partial charge is 0.181 e. The summed E-state index contributed by atoms with van der Waals surface area (Å²) in [7, 11) is 1.96. The fourth-order valence-corrected chi connectivity index (χ4v) is 3.93. The molecule has 0 aliphatic rings. The van der Waals surface area contributed by atoms with Crippen LogP contribution in [-0.2, 0) is 19.2 Å². The molecule has 3 aromatic heterocycles. The Balaban J connectivity index is 1.86. The first-order valence-electron chi connectivity index (χ1n) is 6.17. The van der Waals surface area contributed by atoms with Crippen molar-refractivity contribution in [2.75, 3.05) is 0 Å². The third-order valence-electron chi connectivity index (χ3n) is 3.04. The molecule has 0 radical (unpaired) electrons. The second-order valence-corrected chi connectivity index (χ2v) is 6.01. The zero-order chi connectivity index (χ0) is 14.1. The maximum atomic E-state index is 4.50. The zero-order valence-corrected chi connectivity index (χ0v) is 13.5. The number of aromatic amines is 1. The summed E-state index contributed by atoms with van der Waals surface area (Å²) in [6.07, 6.45) is 4.09. The molecular formula is C12H13BrN6S. The van der Waals surface area contributed by atoms with E-state index in [0.29, 0.717) is 5.65 Å². The fraction of sp³-hybridized carbons (Fsp3) is 0.333. The number of nitrogens with one attached hydrogen (secondary N) is 1. The number of imidazole rings is 1. The van der Waals surface area contributed by atoms with Crippen LogP contribution in [0.5, 0.6) is 0 Å². The van der Waals surface area contributed by atoms with E-state index in [0.717, 1.165) is 38.6 Å². The van der Waals surface area contributed by atoms with Crippen LogP contribution in [0.1, 0.15) is 18.3 Å². The van der Waals surface area contributed by atoms with Crippen molar-refractivity contribution in [3.8, 4) is 0 Å². The van der Waals surface area contributed by atoms with E-state index in [-0.39, 0.29) is 0 Å². The Morgan fingerprint density at radius 3 is 2.95 bits per heavy atom. The number of rotatable bonds is 4. The number of H-pyrrole nitrogens is 1. The predicted octanol–water partition coefficient (Wildman–Crippen LogP) is 2.70. The lowest BCUT2D eigenvalue weighted by Crippen LogP contribution is -1.97. The van der Waals surface area contributed by atoms with E-state index in [1.54, 1.807) is 24.4 Å². The summed E-state index contributed by atoms with van der Waals surface area (Å²) in [4.78, 5) is 15.7. The highest BCUT2D eigenvalue weighted by atomic mass is 79.9. The van der Waals surface area contributed by atoms with Gasteiger partial charge in [-0.3, -0.25) is 4.68 Å². The summed E-state index contributed by atoms with van der Waals surface area (Å²) in [5, 5.41) is 5.40. The number of nitrogens with zero attached hydrogens (tertiary/aromatic N) is 5. The minimum absolute atomic E-state index is 0.695.